The third kappa shape index (κ3) is 3.94. The van der Waals surface area contributed by atoms with E-state index in [9.17, 15) is 9.18 Å². The Bertz CT molecular complexity index is 1220. The lowest BCUT2D eigenvalue weighted by atomic mass is 9.95. The Kier molecular flexibility index (Phi) is 5.93. The Balaban J connectivity index is 1.95. The van der Waals surface area contributed by atoms with Crippen LogP contribution < -0.4 is 15.5 Å². The van der Waals surface area contributed by atoms with Gasteiger partial charge in [0.1, 0.15) is 12.4 Å². The molecule has 2 aromatic heterocycles. The predicted octanol–water partition coefficient (Wildman–Crippen LogP) is 2.75. The molecule has 9 nitrogen and oxygen atoms in total. The van der Waals surface area contributed by atoms with Crippen molar-refractivity contribution in [1.29, 1.82) is 5.41 Å². The molecule has 4 rings (SSSR count). The molecule has 0 saturated heterocycles. The SMILES string of the molecule is CCn1ncc2c1-c1cnc(NC=O)c(c1)OCc1cc(F)ccc1C(=N)/C(=N\NC)C2. The highest BCUT2D eigenvalue weighted by molar-refractivity contribution is 6.47. The van der Waals surface area contributed by atoms with Crippen molar-refractivity contribution in [3.05, 3.63) is 59.2 Å². The van der Waals surface area contributed by atoms with Crippen LogP contribution in [0.4, 0.5) is 10.2 Å². The van der Waals surface area contributed by atoms with Crippen molar-refractivity contribution in [1.82, 2.24) is 20.2 Å². The number of hydrogen-bond donors (Lipinski definition) is 3. The van der Waals surface area contributed by atoms with Crippen molar-refractivity contribution in [2.45, 2.75) is 26.5 Å². The van der Waals surface area contributed by atoms with Gasteiger partial charge in [-0.2, -0.15) is 10.2 Å². The molecule has 0 aliphatic carbocycles. The number of ether oxygens (including phenoxy) is 1. The van der Waals surface area contributed by atoms with Crippen LogP contribution in [0.2, 0.25) is 0 Å². The molecule has 0 spiro atoms. The van der Waals surface area contributed by atoms with E-state index in [2.05, 4.69) is 25.9 Å². The summed E-state index contributed by atoms with van der Waals surface area (Å²) >= 11 is 0. The monoisotopic (exact) mass is 435 g/mol. The molecule has 0 saturated carbocycles. The van der Waals surface area contributed by atoms with Gasteiger partial charge in [-0.05, 0) is 31.2 Å². The summed E-state index contributed by atoms with van der Waals surface area (Å²) in [6, 6.07) is 5.95. The van der Waals surface area contributed by atoms with Gasteiger partial charge in [0.25, 0.3) is 0 Å². The fourth-order valence-electron chi connectivity index (χ4n) is 3.71. The highest BCUT2D eigenvalue weighted by Gasteiger charge is 2.22. The number of nitrogens with one attached hydrogen (secondary N) is 3. The Morgan fingerprint density at radius 2 is 2.16 bits per heavy atom. The minimum absolute atomic E-state index is 0.0269. The van der Waals surface area contributed by atoms with E-state index in [1.54, 1.807) is 31.6 Å². The van der Waals surface area contributed by atoms with Crippen LogP contribution in [0.25, 0.3) is 11.3 Å². The van der Waals surface area contributed by atoms with E-state index < -0.39 is 5.82 Å². The van der Waals surface area contributed by atoms with E-state index in [1.165, 1.54) is 12.1 Å². The maximum absolute atomic E-state index is 14.0. The van der Waals surface area contributed by atoms with E-state index >= 15 is 0 Å². The largest absolute Gasteiger partial charge is 0.485 e. The van der Waals surface area contributed by atoms with Crippen LogP contribution in [0.15, 0.2) is 41.8 Å². The fraction of sp³-hybridized carbons (Fsp3) is 0.227. The molecule has 0 unspecified atom stereocenters. The number of fused-ring (bicyclic) bond motifs is 5. The summed E-state index contributed by atoms with van der Waals surface area (Å²) in [6.07, 6.45) is 4.22. The summed E-state index contributed by atoms with van der Waals surface area (Å²) in [5, 5.41) is 20.1. The minimum Gasteiger partial charge on any atom is -0.485 e. The Morgan fingerprint density at radius 3 is 2.91 bits per heavy atom. The number of carbonyl (C=O) groups is 1. The van der Waals surface area contributed by atoms with Gasteiger partial charge < -0.3 is 15.5 Å². The van der Waals surface area contributed by atoms with Gasteiger partial charge in [-0.25, -0.2) is 9.37 Å². The molecule has 0 fully saturated rings. The van der Waals surface area contributed by atoms with E-state index in [0.29, 0.717) is 42.0 Å². The molecule has 0 radical (unpaired) electrons. The molecule has 3 heterocycles. The number of aryl methyl sites for hydroxylation is 1. The second-order valence-electron chi connectivity index (χ2n) is 7.09. The fourth-order valence-corrected chi connectivity index (χ4v) is 3.71. The summed E-state index contributed by atoms with van der Waals surface area (Å²) in [7, 11) is 1.66. The maximum Gasteiger partial charge on any atom is 0.212 e. The molecular formula is C22H22FN7O2. The highest BCUT2D eigenvalue weighted by atomic mass is 19.1. The van der Waals surface area contributed by atoms with Crippen LogP contribution in [0.5, 0.6) is 5.75 Å². The third-order valence-corrected chi connectivity index (χ3v) is 5.15. The number of benzene rings is 1. The van der Waals surface area contributed by atoms with Crippen molar-refractivity contribution in [2.24, 2.45) is 5.10 Å². The van der Waals surface area contributed by atoms with Gasteiger partial charge in [0, 0.05) is 48.5 Å². The number of anilines is 1. The highest BCUT2D eigenvalue weighted by Crippen LogP contribution is 2.32. The molecule has 1 aliphatic heterocycles. The molecule has 10 heteroatoms. The lowest BCUT2D eigenvalue weighted by Crippen LogP contribution is -2.22. The topological polar surface area (TPSA) is 117 Å². The number of nitrogens with zero attached hydrogens (tertiary/aromatic N) is 4. The quantitative estimate of drug-likeness (QED) is 0.430. The van der Waals surface area contributed by atoms with Crippen LogP contribution in [-0.4, -0.2) is 39.6 Å². The van der Waals surface area contributed by atoms with E-state index in [1.807, 2.05) is 11.6 Å². The second kappa shape index (κ2) is 8.96. The molecule has 1 amide bonds. The van der Waals surface area contributed by atoms with Crippen molar-refractivity contribution < 1.29 is 13.9 Å². The first-order chi connectivity index (χ1) is 15.5. The number of rotatable bonds is 4. The van der Waals surface area contributed by atoms with Crippen LogP contribution in [0.1, 0.15) is 23.6 Å². The van der Waals surface area contributed by atoms with Gasteiger partial charge in [-0.15, -0.1) is 0 Å². The van der Waals surface area contributed by atoms with E-state index in [4.69, 9.17) is 10.1 Å². The number of halogens is 1. The van der Waals surface area contributed by atoms with Crippen LogP contribution in [-0.2, 0) is 24.4 Å². The number of hydrazone groups is 1. The third-order valence-electron chi connectivity index (χ3n) is 5.15. The van der Waals surface area contributed by atoms with Gasteiger partial charge in [0.15, 0.2) is 11.6 Å². The molecule has 0 atom stereocenters. The van der Waals surface area contributed by atoms with Crippen molar-refractivity contribution in [3.8, 4) is 17.0 Å². The number of amides is 1. The molecular weight excluding hydrogens is 413 g/mol. The van der Waals surface area contributed by atoms with Gasteiger partial charge in [0.2, 0.25) is 6.41 Å². The first-order valence-electron chi connectivity index (χ1n) is 10.0. The standard InChI is InChI=1S/C22H22FN7O2/c1-3-30-21-13(10-28-30)7-18(29-25-2)20(24)17-5-4-16(23)6-15(17)11-32-19-8-14(21)9-26-22(19)27-12-31/h4-6,8-10,12,24-25H,3,7,11H2,1-2H3,(H,26,27,31)/b24-20?,29-18-. The zero-order valence-corrected chi connectivity index (χ0v) is 17.6. The van der Waals surface area contributed by atoms with Gasteiger partial charge in [0.05, 0.1) is 23.3 Å². The summed E-state index contributed by atoms with van der Waals surface area (Å²) in [5.41, 5.74) is 6.77. The van der Waals surface area contributed by atoms with Crippen LogP contribution in [0.3, 0.4) is 0 Å². The average Bonchev–Trinajstić information content (AvgIpc) is 3.20. The summed E-state index contributed by atoms with van der Waals surface area (Å²) < 4.78 is 21.8. The van der Waals surface area contributed by atoms with Crippen molar-refractivity contribution in [2.75, 3.05) is 12.4 Å². The first kappa shape index (κ1) is 21.2. The number of aromatic nitrogens is 3. The smallest absolute Gasteiger partial charge is 0.212 e. The lowest BCUT2D eigenvalue weighted by Gasteiger charge is -2.18. The van der Waals surface area contributed by atoms with Crippen LogP contribution >= 0.6 is 0 Å². The minimum atomic E-state index is -0.441. The van der Waals surface area contributed by atoms with Crippen molar-refractivity contribution in [3.63, 3.8) is 0 Å². The molecule has 3 aromatic rings. The number of pyridine rings is 1. The Hall–Kier alpha value is -4.08. The lowest BCUT2D eigenvalue weighted by molar-refractivity contribution is -0.105. The van der Waals surface area contributed by atoms with Gasteiger partial charge >= 0.3 is 0 Å². The van der Waals surface area contributed by atoms with E-state index in [-0.39, 0.29) is 18.1 Å². The second-order valence-corrected chi connectivity index (χ2v) is 7.09. The molecule has 1 aromatic carbocycles. The zero-order valence-electron chi connectivity index (χ0n) is 17.6. The average molecular weight is 435 g/mol. The number of hydrogen-bond acceptors (Lipinski definition) is 7. The Labute approximate surface area is 183 Å². The summed E-state index contributed by atoms with van der Waals surface area (Å²) in [5.74, 6) is 0.134. The zero-order chi connectivity index (χ0) is 22.7. The number of carbonyl (C=O) groups excluding carboxylic acids is 1. The maximum atomic E-state index is 14.0. The van der Waals surface area contributed by atoms with Crippen molar-refractivity contribution >= 4 is 23.7 Å². The molecule has 164 valence electrons. The summed E-state index contributed by atoms with van der Waals surface area (Å²) in [6.45, 7) is 2.57. The molecule has 3 N–H and O–H groups in total. The van der Waals surface area contributed by atoms with Gasteiger partial charge in [-0.1, -0.05) is 0 Å². The molecule has 32 heavy (non-hydrogen) atoms. The molecule has 2 bridgehead atoms. The first-order valence-corrected chi connectivity index (χ1v) is 10.0. The predicted molar refractivity (Wildman–Crippen MR) is 119 cm³/mol. The van der Waals surface area contributed by atoms with Crippen LogP contribution in [0, 0.1) is 11.2 Å². The Morgan fingerprint density at radius 1 is 1.31 bits per heavy atom. The normalized spacial score (nSPS) is 14.5. The van der Waals surface area contributed by atoms with Gasteiger partial charge in [-0.3, -0.25) is 14.9 Å². The van der Waals surface area contributed by atoms with E-state index in [0.717, 1.165) is 16.8 Å². The molecule has 1 aliphatic rings. The summed E-state index contributed by atoms with van der Waals surface area (Å²) in [4.78, 5) is 15.4.